The van der Waals surface area contributed by atoms with Gasteiger partial charge in [-0.15, -0.1) is 0 Å². The first kappa shape index (κ1) is 17.0. The van der Waals surface area contributed by atoms with Gasteiger partial charge in [-0.25, -0.2) is 0 Å². The van der Waals surface area contributed by atoms with Gasteiger partial charge in [0.25, 0.3) is 0 Å². The highest BCUT2D eigenvalue weighted by molar-refractivity contribution is 5.87. The van der Waals surface area contributed by atoms with Crippen molar-refractivity contribution < 1.29 is 10.2 Å². The van der Waals surface area contributed by atoms with E-state index in [1.807, 2.05) is 0 Å². The van der Waals surface area contributed by atoms with Gasteiger partial charge in [-0.1, -0.05) is 25.8 Å². The zero-order valence-electron chi connectivity index (χ0n) is 14.1. The summed E-state index contributed by atoms with van der Waals surface area (Å²) in [7, 11) is 0. The third kappa shape index (κ3) is 3.79. The first-order valence-corrected chi connectivity index (χ1v) is 8.78. The fraction of sp³-hybridized carbons (Fsp3) is 0.526. The molecular formula is C19H26N2O3. The Hall–Kier alpha value is -1.85. The first-order valence-electron chi connectivity index (χ1n) is 8.78. The minimum absolute atomic E-state index is 0.0166. The van der Waals surface area contributed by atoms with Crippen molar-refractivity contribution in [2.75, 3.05) is 13.1 Å². The van der Waals surface area contributed by atoms with Crippen LogP contribution in [0.5, 0.6) is 5.75 Å². The molecule has 0 radical (unpaired) electrons. The Morgan fingerprint density at radius 3 is 2.71 bits per heavy atom. The second-order valence-electron chi connectivity index (χ2n) is 7.09. The van der Waals surface area contributed by atoms with Gasteiger partial charge in [0.2, 0.25) is 5.56 Å². The van der Waals surface area contributed by atoms with Gasteiger partial charge in [0.1, 0.15) is 5.75 Å². The van der Waals surface area contributed by atoms with Crippen LogP contribution in [0.2, 0.25) is 0 Å². The molecule has 0 unspecified atom stereocenters. The smallest absolute Gasteiger partial charge is 0.248 e. The van der Waals surface area contributed by atoms with Crippen molar-refractivity contribution in [3.8, 4) is 5.75 Å². The number of H-pyrrole nitrogens is 1. The molecule has 0 bridgehead atoms. The number of phenols is 1. The molecule has 0 aliphatic heterocycles. The summed E-state index contributed by atoms with van der Waals surface area (Å²) >= 11 is 0. The van der Waals surface area contributed by atoms with Crippen molar-refractivity contribution in [2.24, 2.45) is 11.8 Å². The van der Waals surface area contributed by atoms with E-state index in [4.69, 9.17) is 0 Å². The van der Waals surface area contributed by atoms with E-state index in [0.29, 0.717) is 28.9 Å². The van der Waals surface area contributed by atoms with Gasteiger partial charge in [-0.05, 0) is 48.9 Å². The summed E-state index contributed by atoms with van der Waals surface area (Å²) in [5, 5.41) is 24.5. The number of hydrogen-bond donors (Lipinski definition) is 4. The van der Waals surface area contributed by atoms with Crippen molar-refractivity contribution in [3.63, 3.8) is 0 Å². The molecule has 5 nitrogen and oxygen atoms in total. The minimum Gasteiger partial charge on any atom is -0.506 e. The highest BCUT2D eigenvalue weighted by Crippen LogP contribution is 2.29. The van der Waals surface area contributed by atoms with Gasteiger partial charge in [0.05, 0.1) is 11.6 Å². The number of nitrogens with one attached hydrogen (secondary N) is 2. The Bertz CT molecular complexity index is 748. The van der Waals surface area contributed by atoms with Gasteiger partial charge in [-0.3, -0.25) is 4.79 Å². The lowest BCUT2D eigenvalue weighted by Crippen LogP contribution is -2.29. The molecule has 0 spiro atoms. The lowest BCUT2D eigenvalue weighted by Gasteiger charge is -2.26. The maximum Gasteiger partial charge on any atom is 0.248 e. The molecule has 0 saturated heterocycles. The maximum atomic E-state index is 11.4. The number of aliphatic hydroxyl groups is 1. The molecule has 1 atom stereocenters. The predicted molar refractivity (Wildman–Crippen MR) is 95.2 cm³/mol. The standard InChI is InChI=1S/C19H26N2O3/c1-12-2-4-13(5-3-12)10-20-11-17(23)14-6-8-16(22)19-15(14)7-9-18(24)21-19/h6-9,12-13,17,20,22-23H,2-5,10-11H2,1H3,(H,21,24)/t12?,13?,17-/m1/s1. The summed E-state index contributed by atoms with van der Waals surface area (Å²) in [6.45, 7) is 3.70. The zero-order valence-corrected chi connectivity index (χ0v) is 14.1. The van der Waals surface area contributed by atoms with E-state index in [9.17, 15) is 15.0 Å². The van der Waals surface area contributed by atoms with E-state index >= 15 is 0 Å². The van der Waals surface area contributed by atoms with Crippen LogP contribution in [0.1, 0.15) is 44.3 Å². The van der Waals surface area contributed by atoms with Crippen molar-refractivity contribution in [3.05, 3.63) is 40.2 Å². The molecular weight excluding hydrogens is 304 g/mol. The number of benzene rings is 1. The molecule has 1 aliphatic rings. The maximum absolute atomic E-state index is 11.4. The molecule has 1 aromatic heterocycles. The monoisotopic (exact) mass is 330 g/mol. The first-order chi connectivity index (χ1) is 11.5. The lowest BCUT2D eigenvalue weighted by molar-refractivity contribution is 0.170. The number of aromatic amines is 1. The lowest BCUT2D eigenvalue weighted by atomic mass is 9.83. The quantitative estimate of drug-likeness (QED) is 0.679. The molecule has 3 rings (SSSR count). The minimum atomic E-state index is -0.679. The summed E-state index contributed by atoms with van der Waals surface area (Å²) in [5.74, 6) is 1.56. The second kappa shape index (κ2) is 7.36. The van der Waals surface area contributed by atoms with Crippen molar-refractivity contribution in [1.82, 2.24) is 10.3 Å². The number of aromatic nitrogens is 1. The van der Waals surface area contributed by atoms with E-state index in [1.54, 1.807) is 12.1 Å². The Labute approximate surface area is 141 Å². The number of aromatic hydroxyl groups is 1. The van der Waals surface area contributed by atoms with Crippen LogP contribution < -0.4 is 10.9 Å². The van der Waals surface area contributed by atoms with Crippen LogP contribution in [0.4, 0.5) is 0 Å². The van der Waals surface area contributed by atoms with Crippen LogP contribution in [-0.2, 0) is 0 Å². The van der Waals surface area contributed by atoms with Crippen molar-refractivity contribution >= 4 is 10.9 Å². The number of aliphatic hydroxyl groups excluding tert-OH is 1. The van der Waals surface area contributed by atoms with E-state index in [2.05, 4.69) is 17.2 Å². The average molecular weight is 330 g/mol. The Morgan fingerprint density at radius 1 is 1.21 bits per heavy atom. The Kier molecular flexibility index (Phi) is 5.21. The van der Waals surface area contributed by atoms with E-state index in [-0.39, 0.29) is 11.3 Å². The number of pyridine rings is 1. The molecule has 130 valence electrons. The molecule has 5 heteroatoms. The highest BCUT2D eigenvalue weighted by atomic mass is 16.3. The predicted octanol–water partition coefficient (Wildman–Crippen LogP) is 2.68. The summed E-state index contributed by atoms with van der Waals surface area (Å²) < 4.78 is 0. The van der Waals surface area contributed by atoms with E-state index in [1.165, 1.54) is 37.8 Å². The van der Waals surface area contributed by atoms with Crippen molar-refractivity contribution in [2.45, 2.75) is 38.7 Å². The highest BCUT2D eigenvalue weighted by Gasteiger charge is 2.19. The van der Waals surface area contributed by atoms with Gasteiger partial charge in [-0.2, -0.15) is 0 Å². The fourth-order valence-corrected chi connectivity index (χ4v) is 3.62. The number of fused-ring (bicyclic) bond motifs is 1. The Morgan fingerprint density at radius 2 is 1.96 bits per heavy atom. The summed E-state index contributed by atoms with van der Waals surface area (Å²) in [5.41, 5.74) is 0.818. The molecule has 0 amide bonds. The number of hydrogen-bond acceptors (Lipinski definition) is 4. The molecule has 4 N–H and O–H groups in total. The molecule has 24 heavy (non-hydrogen) atoms. The van der Waals surface area contributed by atoms with Crippen LogP contribution >= 0.6 is 0 Å². The van der Waals surface area contributed by atoms with Crippen LogP contribution in [0.25, 0.3) is 10.9 Å². The Balaban J connectivity index is 1.65. The van der Waals surface area contributed by atoms with Gasteiger partial charge >= 0.3 is 0 Å². The molecule has 1 saturated carbocycles. The van der Waals surface area contributed by atoms with Crippen LogP contribution in [-0.4, -0.2) is 28.3 Å². The third-order valence-corrected chi connectivity index (χ3v) is 5.17. The third-order valence-electron chi connectivity index (χ3n) is 5.17. The molecule has 1 fully saturated rings. The van der Waals surface area contributed by atoms with Gasteiger partial charge in [0.15, 0.2) is 0 Å². The molecule has 2 aromatic rings. The number of rotatable bonds is 5. The van der Waals surface area contributed by atoms with Crippen LogP contribution in [0, 0.1) is 11.8 Å². The van der Waals surface area contributed by atoms with Gasteiger partial charge in [0, 0.05) is 18.0 Å². The SMILES string of the molecule is CC1CCC(CNC[C@@H](O)c2ccc(O)c3[nH]c(=O)ccc23)CC1. The molecule has 1 aromatic carbocycles. The summed E-state index contributed by atoms with van der Waals surface area (Å²) in [6.07, 6.45) is 4.43. The van der Waals surface area contributed by atoms with Crippen LogP contribution in [0.3, 0.4) is 0 Å². The largest absolute Gasteiger partial charge is 0.506 e. The summed E-state index contributed by atoms with van der Waals surface area (Å²) in [6, 6.07) is 6.29. The average Bonchev–Trinajstić information content (AvgIpc) is 2.57. The van der Waals surface area contributed by atoms with Gasteiger partial charge < -0.3 is 20.5 Å². The second-order valence-corrected chi connectivity index (χ2v) is 7.09. The topological polar surface area (TPSA) is 85.3 Å². The van der Waals surface area contributed by atoms with Crippen molar-refractivity contribution in [1.29, 1.82) is 0 Å². The van der Waals surface area contributed by atoms with E-state index < -0.39 is 6.10 Å². The zero-order chi connectivity index (χ0) is 17.1. The normalized spacial score (nSPS) is 22.6. The number of phenolic OH excluding ortho intramolecular Hbond substituents is 1. The van der Waals surface area contributed by atoms with E-state index in [0.717, 1.165) is 12.5 Å². The molecule has 1 aliphatic carbocycles. The van der Waals surface area contributed by atoms with Crippen LogP contribution in [0.15, 0.2) is 29.1 Å². The molecule has 1 heterocycles. The summed E-state index contributed by atoms with van der Waals surface area (Å²) in [4.78, 5) is 14.1. The fourth-order valence-electron chi connectivity index (χ4n) is 3.62.